The Morgan fingerprint density at radius 1 is 1.13 bits per heavy atom. The minimum atomic E-state index is -4.83. The van der Waals surface area contributed by atoms with E-state index in [1.165, 1.54) is 34.6 Å². The minimum Gasteiger partial charge on any atom is -0.394 e. The largest absolute Gasteiger partial charge is 0.421 e. The van der Waals surface area contributed by atoms with Gasteiger partial charge in [-0.15, -0.1) is 0 Å². The first-order valence-corrected chi connectivity index (χ1v) is 14.2. The molecule has 0 unspecified atom stereocenters. The van der Waals surface area contributed by atoms with E-state index in [1.807, 2.05) is 4.90 Å². The molecule has 0 saturated carbocycles. The van der Waals surface area contributed by atoms with Gasteiger partial charge in [-0.2, -0.15) is 17.5 Å². The number of halogens is 3. The van der Waals surface area contributed by atoms with Crippen LogP contribution in [0.25, 0.3) is 0 Å². The lowest BCUT2D eigenvalue weighted by Crippen LogP contribution is -2.60. The smallest absolute Gasteiger partial charge is 0.394 e. The second-order valence-corrected chi connectivity index (χ2v) is 12.2. The monoisotopic (exact) mass is 575 g/mol. The first kappa shape index (κ1) is 29.1. The highest BCUT2D eigenvalue weighted by Crippen LogP contribution is 2.39. The molecule has 3 atom stereocenters. The van der Waals surface area contributed by atoms with Gasteiger partial charge in [0.2, 0.25) is 10.0 Å². The maximum absolute atomic E-state index is 13.5. The van der Waals surface area contributed by atoms with Crippen molar-refractivity contribution in [1.29, 1.82) is 0 Å². The Kier molecular flexibility index (Phi) is 8.67. The predicted octanol–water partition coefficient (Wildman–Crippen LogP) is 2.18. The van der Waals surface area contributed by atoms with E-state index in [0.29, 0.717) is 56.7 Å². The third-order valence-corrected chi connectivity index (χ3v) is 9.70. The molecule has 0 bridgehead atoms. The number of aliphatic hydroxyl groups excluding tert-OH is 1. The van der Waals surface area contributed by atoms with Crippen LogP contribution in [0.2, 0.25) is 0 Å². The molecule has 0 radical (unpaired) electrons. The summed E-state index contributed by atoms with van der Waals surface area (Å²) < 4.78 is 73.9. The van der Waals surface area contributed by atoms with Crippen molar-refractivity contribution in [2.45, 2.75) is 37.3 Å². The molecule has 2 heterocycles. The van der Waals surface area contributed by atoms with Gasteiger partial charge in [-0.25, -0.2) is 8.42 Å². The summed E-state index contributed by atoms with van der Waals surface area (Å²) in [5.41, 5.74) is -2.65. The summed E-state index contributed by atoms with van der Waals surface area (Å²) >= 11 is 5.32. The van der Waals surface area contributed by atoms with Gasteiger partial charge in [-0.1, -0.05) is 36.5 Å². The molecule has 1 aromatic carbocycles. The lowest BCUT2D eigenvalue weighted by atomic mass is 9.95. The number of thiocarbonyl (C=S) groups is 1. The number of allylic oxidation sites excluding steroid dienone is 4. The molecule has 0 spiro atoms. The molecule has 3 aliphatic rings. The average molecular weight is 576 g/mol. The van der Waals surface area contributed by atoms with Gasteiger partial charge in [-0.3, -0.25) is 4.90 Å². The summed E-state index contributed by atoms with van der Waals surface area (Å²) in [6, 6.07) is 5.20. The highest BCUT2D eigenvalue weighted by molar-refractivity contribution is 7.96. The standard InChI is InChI=1S/C25H32F3N3O5S2/c1-24(33,25(26,27)28)18-6-8-19(9-7-18)31-11-10-30(38(34,35)23-5-3-2-4-22(23)37)15-20(31)14-29-12-13-36-21(16-29)17-32/h2-3,5-9,20-21,32-33H,4,10-17H2,1H3/t20-,21-,24-/m0/s1. The number of morpholine rings is 1. The highest BCUT2D eigenvalue weighted by Gasteiger charge is 2.51. The van der Waals surface area contributed by atoms with Gasteiger partial charge in [0, 0.05) is 56.2 Å². The Hall–Kier alpha value is -1.87. The molecular weight excluding hydrogens is 543 g/mol. The maximum Gasteiger partial charge on any atom is 0.421 e. The lowest BCUT2D eigenvalue weighted by molar-refractivity contribution is -0.258. The summed E-state index contributed by atoms with van der Waals surface area (Å²) in [7, 11) is -3.84. The molecule has 2 aliphatic heterocycles. The van der Waals surface area contributed by atoms with E-state index in [4.69, 9.17) is 17.0 Å². The predicted molar refractivity (Wildman–Crippen MR) is 141 cm³/mol. The number of hydrogen-bond donors (Lipinski definition) is 2. The molecule has 2 saturated heterocycles. The second kappa shape index (κ2) is 11.3. The van der Waals surface area contributed by atoms with Crippen molar-refractivity contribution < 1.29 is 36.5 Å². The first-order chi connectivity index (χ1) is 17.8. The van der Waals surface area contributed by atoms with Gasteiger partial charge >= 0.3 is 6.18 Å². The number of hydrogen-bond acceptors (Lipinski definition) is 8. The van der Waals surface area contributed by atoms with Crippen molar-refractivity contribution >= 4 is 32.8 Å². The number of benzene rings is 1. The van der Waals surface area contributed by atoms with Crippen molar-refractivity contribution in [3.05, 3.63) is 53.0 Å². The van der Waals surface area contributed by atoms with Gasteiger partial charge in [0.05, 0.1) is 30.3 Å². The van der Waals surface area contributed by atoms with Crippen molar-refractivity contribution in [2.75, 3.05) is 57.4 Å². The molecule has 2 fully saturated rings. The zero-order valence-corrected chi connectivity index (χ0v) is 22.6. The van der Waals surface area contributed by atoms with Crippen LogP contribution in [0.15, 0.2) is 47.4 Å². The molecule has 8 nitrogen and oxygen atoms in total. The third-order valence-electron chi connectivity index (χ3n) is 7.23. The number of rotatable bonds is 7. The van der Waals surface area contributed by atoms with E-state index < -0.39 is 21.8 Å². The fourth-order valence-corrected chi connectivity index (χ4v) is 7.00. The van der Waals surface area contributed by atoms with Gasteiger partial charge in [0.25, 0.3) is 0 Å². The fraction of sp³-hybridized carbons (Fsp3) is 0.560. The maximum atomic E-state index is 13.5. The number of aliphatic hydroxyl groups is 2. The van der Waals surface area contributed by atoms with Crippen LogP contribution in [0.3, 0.4) is 0 Å². The Bertz CT molecular complexity index is 1190. The van der Waals surface area contributed by atoms with E-state index in [9.17, 15) is 31.8 Å². The van der Waals surface area contributed by atoms with Crippen LogP contribution >= 0.6 is 12.2 Å². The van der Waals surface area contributed by atoms with Crippen LogP contribution in [0.5, 0.6) is 0 Å². The zero-order chi connectivity index (χ0) is 27.7. The average Bonchev–Trinajstić information content (AvgIpc) is 2.88. The van der Waals surface area contributed by atoms with Crippen LogP contribution in [0, 0.1) is 0 Å². The Morgan fingerprint density at radius 3 is 2.47 bits per heavy atom. The highest BCUT2D eigenvalue weighted by atomic mass is 32.2. The number of nitrogens with zero attached hydrogens (tertiary/aromatic N) is 3. The summed E-state index contributed by atoms with van der Waals surface area (Å²) in [5.74, 6) is 0. The van der Waals surface area contributed by atoms with E-state index in [0.717, 1.165) is 0 Å². The molecule has 38 heavy (non-hydrogen) atoms. The molecule has 2 N–H and O–H groups in total. The number of alkyl halides is 3. The molecule has 1 aromatic rings. The molecule has 4 rings (SSSR count). The van der Waals surface area contributed by atoms with Gasteiger partial charge in [-0.05, 0) is 30.7 Å². The summed E-state index contributed by atoms with van der Waals surface area (Å²) in [4.78, 5) is 4.55. The first-order valence-electron chi connectivity index (χ1n) is 12.4. The molecule has 1 aliphatic carbocycles. The van der Waals surface area contributed by atoms with E-state index >= 15 is 0 Å². The van der Waals surface area contributed by atoms with Gasteiger partial charge < -0.3 is 19.8 Å². The topological polar surface area (TPSA) is 93.6 Å². The molecule has 13 heteroatoms. The molecule has 0 aromatic heterocycles. The van der Waals surface area contributed by atoms with Crippen LogP contribution in [0.4, 0.5) is 18.9 Å². The van der Waals surface area contributed by atoms with Gasteiger partial charge in [0.1, 0.15) is 0 Å². The lowest BCUT2D eigenvalue weighted by Gasteiger charge is -2.45. The van der Waals surface area contributed by atoms with E-state index in [2.05, 4.69) is 4.90 Å². The van der Waals surface area contributed by atoms with Crippen LogP contribution in [-0.2, 0) is 20.4 Å². The van der Waals surface area contributed by atoms with Crippen LogP contribution in [-0.4, -0.2) is 104 Å². The minimum absolute atomic E-state index is 0.118. The Labute approximate surface area is 226 Å². The van der Waals surface area contributed by atoms with Crippen molar-refractivity contribution in [1.82, 2.24) is 9.21 Å². The van der Waals surface area contributed by atoms with E-state index in [-0.39, 0.29) is 42.3 Å². The Balaban J connectivity index is 1.60. The SMILES string of the molecule is C[C@](O)(c1ccc(N2CCN(S(=O)(=O)C3=CC=CCC3=S)C[C@@H]2CN2CCO[C@H](CO)C2)cc1)C(F)(F)F. The third kappa shape index (κ3) is 5.98. The molecule has 210 valence electrons. The fourth-order valence-electron chi connectivity index (χ4n) is 4.93. The number of anilines is 1. The molecular formula is C25H32F3N3O5S2. The zero-order valence-electron chi connectivity index (χ0n) is 21.0. The summed E-state index contributed by atoms with van der Waals surface area (Å²) in [5, 5.41) is 19.6. The number of sulfonamides is 1. The number of ether oxygens (including phenoxy) is 1. The van der Waals surface area contributed by atoms with Crippen LogP contribution in [0.1, 0.15) is 18.9 Å². The second-order valence-electron chi connectivity index (χ2n) is 9.85. The summed E-state index contributed by atoms with van der Waals surface area (Å²) in [6.45, 7) is 3.16. The normalized spacial score (nSPS) is 25.8. The number of piperazine rings is 1. The molecule has 0 amide bonds. The van der Waals surface area contributed by atoms with Crippen molar-refractivity contribution in [3.63, 3.8) is 0 Å². The van der Waals surface area contributed by atoms with Crippen molar-refractivity contribution in [3.8, 4) is 0 Å². The quantitative estimate of drug-likeness (QED) is 0.478. The van der Waals surface area contributed by atoms with Crippen LogP contribution < -0.4 is 4.90 Å². The van der Waals surface area contributed by atoms with Gasteiger partial charge in [0.15, 0.2) is 5.60 Å². The summed E-state index contributed by atoms with van der Waals surface area (Å²) in [6.07, 6.45) is 0.200. The van der Waals surface area contributed by atoms with Crippen molar-refractivity contribution in [2.24, 2.45) is 0 Å². The Morgan fingerprint density at radius 2 is 1.84 bits per heavy atom. The van der Waals surface area contributed by atoms with E-state index in [1.54, 1.807) is 12.2 Å².